The van der Waals surface area contributed by atoms with Crippen LogP contribution in [-0.4, -0.2) is 11.9 Å². The van der Waals surface area contributed by atoms with Crippen molar-refractivity contribution in [1.82, 2.24) is 0 Å². The van der Waals surface area contributed by atoms with Crippen LogP contribution in [0.1, 0.15) is 31.2 Å². The van der Waals surface area contributed by atoms with Gasteiger partial charge in [0.15, 0.2) is 0 Å². The SMILES string of the molecule is O=C(Nc1ccc(OCc2ccccc2)cc1)[C@H]1CCCC[C@H]1C(=O)[O-]. The van der Waals surface area contributed by atoms with E-state index in [2.05, 4.69) is 5.32 Å². The van der Waals surface area contributed by atoms with E-state index in [4.69, 9.17) is 4.74 Å². The quantitative estimate of drug-likeness (QED) is 0.867. The molecule has 3 rings (SSSR count). The number of carbonyl (C=O) groups is 2. The maximum absolute atomic E-state index is 12.4. The topological polar surface area (TPSA) is 78.5 Å². The van der Waals surface area contributed by atoms with E-state index in [1.807, 2.05) is 30.3 Å². The largest absolute Gasteiger partial charge is 0.550 e. The van der Waals surface area contributed by atoms with Crippen molar-refractivity contribution in [2.45, 2.75) is 32.3 Å². The van der Waals surface area contributed by atoms with Gasteiger partial charge in [0.25, 0.3) is 0 Å². The Morgan fingerprint density at radius 1 is 0.962 bits per heavy atom. The van der Waals surface area contributed by atoms with Gasteiger partial charge < -0.3 is 20.0 Å². The average Bonchev–Trinajstić information content (AvgIpc) is 2.68. The van der Waals surface area contributed by atoms with E-state index in [1.54, 1.807) is 24.3 Å². The first-order chi connectivity index (χ1) is 12.6. The van der Waals surface area contributed by atoms with Gasteiger partial charge in [-0.15, -0.1) is 0 Å². The van der Waals surface area contributed by atoms with E-state index in [1.165, 1.54) is 0 Å². The number of carboxylic acids is 1. The minimum Gasteiger partial charge on any atom is -0.550 e. The molecule has 0 radical (unpaired) electrons. The molecule has 2 atom stereocenters. The van der Waals surface area contributed by atoms with Gasteiger partial charge in [-0.25, -0.2) is 0 Å². The molecule has 2 aromatic rings. The summed E-state index contributed by atoms with van der Waals surface area (Å²) in [6, 6.07) is 17.0. The number of anilines is 1. The van der Waals surface area contributed by atoms with Gasteiger partial charge in [-0.1, -0.05) is 43.2 Å². The number of aliphatic carboxylic acids is 1. The van der Waals surface area contributed by atoms with Crippen molar-refractivity contribution in [3.63, 3.8) is 0 Å². The number of benzene rings is 2. The van der Waals surface area contributed by atoms with Crippen LogP contribution < -0.4 is 15.2 Å². The van der Waals surface area contributed by atoms with E-state index in [0.717, 1.165) is 18.4 Å². The van der Waals surface area contributed by atoms with E-state index in [-0.39, 0.29) is 5.91 Å². The number of hydrogen-bond donors (Lipinski definition) is 1. The van der Waals surface area contributed by atoms with Gasteiger partial charge >= 0.3 is 0 Å². The van der Waals surface area contributed by atoms with Crippen LogP contribution in [0.4, 0.5) is 5.69 Å². The lowest BCUT2D eigenvalue weighted by molar-refractivity contribution is -0.313. The number of ether oxygens (including phenoxy) is 1. The van der Waals surface area contributed by atoms with Crippen molar-refractivity contribution < 1.29 is 19.4 Å². The minimum atomic E-state index is -1.13. The van der Waals surface area contributed by atoms with Crippen LogP contribution in [-0.2, 0) is 16.2 Å². The number of nitrogens with one attached hydrogen (secondary N) is 1. The number of amides is 1. The normalized spacial score (nSPS) is 19.5. The van der Waals surface area contributed by atoms with Crippen molar-refractivity contribution in [3.8, 4) is 5.75 Å². The molecule has 5 nitrogen and oxygen atoms in total. The first kappa shape index (κ1) is 18.0. The van der Waals surface area contributed by atoms with E-state index in [0.29, 0.717) is 30.9 Å². The van der Waals surface area contributed by atoms with E-state index < -0.39 is 17.8 Å². The Balaban J connectivity index is 1.56. The summed E-state index contributed by atoms with van der Waals surface area (Å²) in [6.45, 7) is 0.474. The zero-order chi connectivity index (χ0) is 18.4. The maximum atomic E-state index is 12.4. The zero-order valence-corrected chi connectivity index (χ0v) is 14.5. The average molecular weight is 352 g/mol. The summed E-state index contributed by atoms with van der Waals surface area (Å²) in [6.07, 6.45) is 2.79. The molecule has 1 aliphatic rings. The fourth-order valence-electron chi connectivity index (χ4n) is 3.34. The molecule has 1 amide bonds. The first-order valence-corrected chi connectivity index (χ1v) is 8.92. The van der Waals surface area contributed by atoms with Crippen molar-refractivity contribution in [2.24, 2.45) is 11.8 Å². The van der Waals surface area contributed by atoms with Crippen LogP contribution in [0.5, 0.6) is 5.75 Å². The third-order valence-corrected chi connectivity index (χ3v) is 4.78. The fraction of sp³-hybridized carbons (Fsp3) is 0.333. The van der Waals surface area contributed by atoms with Gasteiger partial charge in [-0.2, -0.15) is 0 Å². The van der Waals surface area contributed by atoms with Gasteiger partial charge in [0, 0.05) is 23.5 Å². The third-order valence-electron chi connectivity index (χ3n) is 4.78. The number of hydrogen-bond acceptors (Lipinski definition) is 4. The second-order valence-corrected chi connectivity index (χ2v) is 6.60. The third kappa shape index (κ3) is 4.63. The smallest absolute Gasteiger partial charge is 0.228 e. The molecule has 136 valence electrons. The molecule has 0 unspecified atom stereocenters. The minimum absolute atomic E-state index is 0.253. The van der Waals surface area contributed by atoms with Gasteiger partial charge in [0.05, 0.1) is 0 Å². The predicted molar refractivity (Wildman–Crippen MR) is 96.3 cm³/mol. The number of rotatable bonds is 6. The highest BCUT2D eigenvalue weighted by molar-refractivity contribution is 5.95. The lowest BCUT2D eigenvalue weighted by Crippen LogP contribution is -2.42. The van der Waals surface area contributed by atoms with Crippen LogP contribution in [0, 0.1) is 11.8 Å². The number of carbonyl (C=O) groups excluding carboxylic acids is 2. The van der Waals surface area contributed by atoms with Crippen LogP contribution >= 0.6 is 0 Å². The molecule has 1 saturated carbocycles. The second-order valence-electron chi connectivity index (χ2n) is 6.60. The molecule has 26 heavy (non-hydrogen) atoms. The molecule has 2 aromatic carbocycles. The first-order valence-electron chi connectivity index (χ1n) is 8.92. The summed E-state index contributed by atoms with van der Waals surface area (Å²) in [7, 11) is 0. The van der Waals surface area contributed by atoms with Crippen molar-refractivity contribution in [3.05, 3.63) is 60.2 Å². The summed E-state index contributed by atoms with van der Waals surface area (Å²) in [4.78, 5) is 23.7. The summed E-state index contributed by atoms with van der Waals surface area (Å²) in [5.74, 6) is -1.90. The highest BCUT2D eigenvalue weighted by Crippen LogP contribution is 2.31. The van der Waals surface area contributed by atoms with E-state index in [9.17, 15) is 14.7 Å². The summed E-state index contributed by atoms with van der Waals surface area (Å²) in [5, 5.41) is 14.1. The summed E-state index contributed by atoms with van der Waals surface area (Å²) in [5.41, 5.74) is 1.71. The molecular weight excluding hydrogens is 330 g/mol. The highest BCUT2D eigenvalue weighted by atomic mass is 16.5. The van der Waals surface area contributed by atoms with Crippen LogP contribution in [0.2, 0.25) is 0 Å². The standard InChI is InChI=1S/C21H23NO4/c23-20(18-8-4-5-9-19(18)21(24)25)22-16-10-12-17(13-11-16)26-14-15-6-2-1-3-7-15/h1-3,6-7,10-13,18-19H,4-5,8-9,14H2,(H,22,23)(H,24,25)/p-1/t18-,19+/m0/s1. The van der Waals surface area contributed by atoms with Gasteiger partial charge in [-0.3, -0.25) is 4.79 Å². The number of carboxylic acid groups (broad SMARTS) is 1. The maximum Gasteiger partial charge on any atom is 0.228 e. The van der Waals surface area contributed by atoms with Gasteiger partial charge in [0.2, 0.25) is 5.91 Å². The zero-order valence-electron chi connectivity index (χ0n) is 14.5. The second kappa shape index (κ2) is 8.52. The summed E-state index contributed by atoms with van der Waals surface area (Å²) >= 11 is 0. The van der Waals surface area contributed by atoms with E-state index >= 15 is 0 Å². The molecule has 0 aliphatic heterocycles. The Morgan fingerprint density at radius 2 is 1.62 bits per heavy atom. The molecule has 0 saturated heterocycles. The van der Waals surface area contributed by atoms with Crippen molar-refractivity contribution in [2.75, 3.05) is 5.32 Å². The molecule has 0 aromatic heterocycles. The van der Waals surface area contributed by atoms with Crippen molar-refractivity contribution in [1.29, 1.82) is 0 Å². The molecule has 0 bridgehead atoms. The highest BCUT2D eigenvalue weighted by Gasteiger charge is 2.31. The Bertz CT molecular complexity index is 742. The molecule has 0 heterocycles. The van der Waals surface area contributed by atoms with Crippen LogP contribution in [0.15, 0.2) is 54.6 Å². The Hall–Kier alpha value is -2.82. The monoisotopic (exact) mass is 352 g/mol. The molecule has 1 N–H and O–H groups in total. The lowest BCUT2D eigenvalue weighted by atomic mass is 9.78. The van der Waals surface area contributed by atoms with Crippen molar-refractivity contribution >= 4 is 17.6 Å². The molecule has 1 fully saturated rings. The van der Waals surface area contributed by atoms with Gasteiger partial charge in [-0.05, 0) is 42.7 Å². The molecule has 1 aliphatic carbocycles. The molecule has 5 heteroatoms. The molecular formula is C21H22NO4-. The predicted octanol–water partition coefficient (Wildman–Crippen LogP) is 2.76. The Morgan fingerprint density at radius 3 is 2.27 bits per heavy atom. The van der Waals surface area contributed by atoms with Crippen LogP contribution in [0.3, 0.4) is 0 Å². The lowest BCUT2D eigenvalue weighted by Gasteiger charge is -2.31. The summed E-state index contributed by atoms with van der Waals surface area (Å²) < 4.78 is 5.72. The van der Waals surface area contributed by atoms with Crippen LogP contribution in [0.25, 0.3) is 0 Å². The molecule has 0 spiro atoms. The Kier molecular flexibility index (Phi) is 5.89. The Labute approximate surface area is 153 Å². The van der Waals surface area contributed by atoms with Gasteiger partial charge in [0.1, 0.15) is 12.4 Å². The fourth-order valence-corrected chi connectivity index (χ4v) is 3.34.